The fraction of sp³-hybridized carbons (Fsp3) is 0.318. The number of nitrogens with one attached hydrogen (secondary N) is 3. The highest BCUT2D eigenvalue weighted by molar-refractivity contribution is 6.36. The van der Waals surface area contributed by atoms with Crippen LogP contribution in [-0.4, -0.2) is 24.3 Å². The Kier molecular flexibility index (Phi) is 8.71. The Morgan fingerprint density at radius 1 is 0.871 bits per heavy atom. The van der Waals surface area contributed by atoms with Gasteiger partial charge in [0.2, 0.25) is 11.8 Å². The van der Waals surface area contributed by atoms with Crippen LogP contribution in [0.4, 0.5) is 5.69 Å². The Balaban J connectivity index is 1.67. The zero-order valence-corrected chi connectivity index (χ0v) is 19.1. The highest BCUT2D eigenvalue weighted by Crippen LogP contribution is 2.26. The minimum Gasteiger partial charge on any atom is -0.484 e. The number of hydrogen-bond acceptors (Lipinski definition) is 4. The second-order valence-electron chi connectivity index (χ2n) is 7.83. The van der Waals surface area contributed by atoms with Crippen LogP contribution in [0.2, 0.25) is 10.0 Å². The van der Waals surface area contributed by atoms with Crippen LogP contribution in [0.3, 0.4) is 0 Å². The summed E-state index contributed by atoms with van der Waals surface area (Å²) in [6.45, 7) is 6.06. The third-order valence-electron chi connectivity index (χ3n) is 4.22. The van der Waals surface area contributed by atoms with Crippen LogP contribution in [0.25, 0.3) is 0 Å². The summed E-state index contributed by atoms with van der Waals surface area (Å²) in [4.78, 5) is 35.6. The number of hydrazine groups is 1. The molecule has 3 N–H and O–H groups in total. The average molecular weight is 466 g/mol. The molecule has 3 amide bonds. The lowest BCUT2D eigenvalue weighted by atomic mass is 9.87. The van der Waals surface area contributed by atoms with Crippen molar-refractivity contribution in [3.8, 4) is 5.75 Å². The first-order chi connectivity index (χ1) is 14.5. The van der Waals surface area contributed by atoms with Gasteiger partial charge < -0.3 is 10.1 Å². The molecule has 2 rings (SSSR count). The summed E-state index contributed by atoms with van der Waals surface area (Å²) < 4.78 is 5.40. The lowest BCUT2D eigenvalue weighted by Crippen LogP contribution is -2.44. The molecule has 0 aliphatic heterocycles. The molecule has 0 atom stereocenters. The molecule has 0 unspecified atom stereocenters. The van der Waals surface area contributed by atoms with Crippen LogP contribution in [0, 0.1) is 0 Å². The molecule has 0 aromatic heterocycles. The van der Waals surface area contributed by atoms with Crippen LogP contribution < -0.4 is 20.9 Å². The largest absolute Gasteiger partial charge is 0.484 e. The average Bonchev–Trinajstić information content (AvgIpc) is 2.71. The maximum atomic E-state index is 11.9. The molecule has 166 valence electrons. The summed E-state index contributed by atoms with van der Waals surface area (Å²) in [6, 6.07) is 12.1. The van der Waals surface area contributed by atoms with Crippen molar-refractivity contribution in [3.63, 3.8) is 0 Å². The molecule has 0 bridgehead atoms. The summed E-state index contributed by atoms with van der Waals surface area (Å²) in [7, 11) is 0. The second kappa shape index (κ2) is 11.0. The third-order valence-corrected chi connectivity index (χ3v) is 4.76. The predicted octanol–water partition coefficient (Wildman–Crippen LogP) is 4.24. The Labute approximate surface area is 191 Å². The Bertz CT molecular complexity index is 941. The molecule has 9 heteroatoms. The van der Waals surface area contributed by atoms with Gasteiger partial charge in [-0.15, -0.1) is 0 Å². The van der Waals surface area contributed by atoms with Gasteiger partial charge in [0.25, 0.3) is 5.91 Å². The number of ether oxygens (including phenoxy) is 1. The van der Waals surface area contributed by atoms with Gasteiger partial charge in [0.1, 0.15) is 5.75 Å². The van der Waals surface area contributed by atoms with E-state index < -0.39 is 17.7 Å². The van der Waals surface area contributed by atoms with E-state index in [-0.39, 0.29) is 24.9 Å². The van der Waals surface area contributed by atoms with Gasteiger partial charge in [0.15, 0.2) is 6.61 Å². The summed E-state index contributed by atoms with van der Waals surface area (Å²) in [5, 5.41) is 3.34. The lowest BCUT2D eigenvalue weighted by molar-refractivity contribution is -0.130. The Hall–Kier alpha value is -2.77. The molecule has 0 aliphatic rings. The van der Waals surface area contributed by atoms with E-state index >= 15 is 0 Å². The van der Waals surface area contributed by atoms with Crippen molar-refractivity contribution < 1.29 is 19.1 Å². The van der Waals surface area contributed by atoms with Gasteiger partial charge in [-0.05, 0) is 41.3 Å². The number of carbonyl (C=O) groups excluding carboxylic acids is 3. The van der Waals surface area contributed by atoms with Gasteiger partial charge in [-0.3, -0.25) is 25.2 Å². The van der Waals surface area contributed by atoms with Gasteiger partial charge >= 0.3 is 0 Å². The van der Waals surface area contributed by atoms with Gasteiger partial charge in [-0.2, -0.15) is 0 Å². The monoisotopic (exact) mass is 465 g/mol. The zero-order chi connectivity index (χ0) is 23.0. The highest BCUT2D eigenvalue weighted by atomic mass is 35.5. The van der Waals surface area contributed by atoms with Crippen molar-refractivity contribution in [2.75, 3.05) is 11.9 Å². The number of anilines is 1. The number of halogens is 2. The van der Waals surface area contributed by atoms with Crippen molar-refractivity contribution in [2.24, 2.45) is 0 Å². The molecular weight excluding hydrogens is 441 g/mol. The fourth-order valence-corrected chi connectivity index (χ4v) is 2.92. The molecule has 0 saturated carbocycles. The quantitative estimate of drug-likeness (QED) is 0.532. The maximum Gasteiger partial charge on any atom is 0.276 e. The number of hydrogen-bond donors (Lipinski definition) is 3. The van der Waals surface area contributed by atoms with Crippen molar-refractivity contribution >= 4 is 46.6 Å². The summed E-state index contributed by atoms with van der Waals surface area (Å²) in [5.74, 6) is -0.884. The zero-order valence-electron chi connectivity index (χ0n) is 17.6. The Morgan fingerprint density at radius 3 is 2.10 bits per heavy atom. The van der Waals surface area contributed by atoms with E-state index in [4.69, 9.17) is 27.9 Å². The third kappa shape index (κ3) is 8.47. The molecule has 2 aromatic carbocycles. The van der Waals surface area contributed by atoms with Crippen LogP contribution in [-0.2, 0) is 19.8 Å². The SMILES string of the molecule is CC(C)(C)c1ccc(OCC(=O)NNC(=O)CCC(=O)Nc2ccc(Cl)cc2Cl)cc1. The number of benzene rings is 2. The standard InChI is InChI=1S/C22H25Cl2N3O4/c1-22(2,3)14-4-7-16(8-5-14)31-13-21(30)27-26-20(29)11-10-19(28)25-18-9-6-15(23)12-17(18)24/h4-9,12H,10-11,13H2,1-3H3,(H,25,28)(H,26,29)(H,27,30). The van der Waals surface area contributed by atoms with Gasteiger partial charge in [-0.25, -0.2) is 0 Å². The first-order valence-electron chi connectivity index (χ1n) is 9.60. The Morgan fingerprint density at radius 2 is 1.48 bits per heavy atom. The van der Waals surface area contributed by atoms with Crippen molar-refractivity contribution in [2.45, 2.75) is 39.0 Å². The fourth-order valence-electron chi connectivity index (χ4n) is 2.47. The van der Waals surface area contributed by atoms with E-state index in [9.17, 15) is 14.4 Å². The second-order valence-corrected chi connectivity index (χ2v) is 8.68. The smallest absolute Gasteiger partial charge is 0.276 e. The van der Waals surface area contributed by atoms with Crippen molar-refractivity contribution in [1.82, 2.24) is 10.9 Å². The van der Waals surface area contributed by atoms with Crippen LogP contribution >= 0.6 is 23.2 Å². The normalized spacial score (nSPS) is 10.9. The molecule has 0 spiro atoms. The summed E-state index contributed by atoms with van der Waals surface area (Å²) in [5.41, 5.74) is 6.07. The van der Waals surface area contributed by atoms with E-state index in [0.29, 0.717) is 21.5 Å². The first kappa shape index (κ1) is 24.5. The molecule has 0 aliphatic carbocycles. The van der Waals surface area contributed by atoms with E-state index in [1.165, 1.54) is 6.07 Å². The molecular formula is C22H25Cl2N3O4. The van der Waals surface area contributed by atoms with Gasteiger partial charge in [-0.1, -0.05) is 56.1 Å². The molecule has 31 heavy (non-hydrogen) atoms. The van der Waals surface area contributed by atoms with E-state index in [1.807, 2.05) is 12.1 Å². The lowest BCUT2D eigenvalue weighted by Gasteiger charge is -2.19. The molecule has 0 fully saturated rings. The van der Waals surface area contributed by atoms with Crippen LogP contribution in [0.15, 0.2) is 42.5 Å². The molecule has 0 heterocycles. The topological polar surface area (TPSA) is 96.5 Å². The molecule has 2 aromatic rings. The summed E-state index contributed by atoms with van der Waals surface area (Å²) in [6.07, 6.45) is -0.205. The first-order valence-corrected chi connectivity index (χ1v) is 10.4. The van der Waals surface area contributed by atoms with Crippen LogP contribution in [0.1, 0.15) is 39.2 Å². The van der Waals surface area contributed by atoms with Crippen molar-refractivity contribution in [3.05, 3.63) is 58.1 Å². The minimum absolute atomic E-state index is 0.0260. The summed E-state index contributed by atoms with van der Waals surface area (Å²) >= 11 is 11.8. The van der Waals surface area contributed by atoms with Crippen molar-refractivity contribution in [1.29, 1.82) is 0 Å². The van der Waals surface area contributed by atoms with E-state index in [0.717, 1.165) is 5.56 Å². The minimum atomic E-state index is -0.523. The van der Waals surface area contributed by atoms with E-state index in [2.05, 4.69) is 36.9 Å². The molecule has 0 saturated heterocycles. The maximum absolute atomic E-state index is 11.9. The van der Waals surface area contributed by atoms with Crippen LogP contribution in [0.5, 0.6) is 5.75 Å². The predicted molar refractivity (Wildman–Crippen MR) is 121 cm³/mol. The van der Waals surface area contributed by atoms with Gasteiger partial charge in [0, 0.05) is 17.9 Å². The number of carbonyl (C=O) groups is 3. The number of amides is 3. The molecule has 0 radical (unpaired) electrons. The molecule has 7 nitrogen and oxygen atoms in total. The highest BCUT2D eigenvalue weighted by Gasteiger charge is 2.14. The number of rotatable bonds is 7. The van der Waals surface area contributed by atoms with E-state index in [1.54, 1.807) is 24.3 Å². The van der Waals surface area contributed by atoms with Gasteiger partial charge in [0.05, 0.1) is 10.7 Å².